The third kappa shape index (κ3) is 4.87. The molecule has 1 aromatic carbocycles. The Morgan fingerprint density at radius 3 is 2.52 bits per heavy atom. The van der Waals surface area contributed by atoms with Gasteiger partial charge < -0.3 is 15.3 Å². The summed E-state index contributed by atoms with van der Waals surface area (Å²) in [5.74, 6) is -2.64. The topological polar surface area (TPSA) is 117 Å². The Morgan fingerprint density at radius 1 is 1.24 bits per heavy atom. The first-order valence-electron chi connectivity index (χ1n) is 7.54. The van der Waals surface area contributed by atoms with E-state index in [1.807, 2.05) is 0 Å². The third-order valence-corrected chi connectivity index (χ3v) is 3.53. The van der Waals surface area contributed by atoms with Crippen molar-refractivity contribution < 1.29 is 19.5 Å². The van der Waals surface area contributed by atoms with Gasteiger partial charge in [0.25, 0.3) is 5.91 Å². The molecule has 2 amide bonds. The van der Waals surface area contributed by atoms with Gasteiger partial charge in [0.05, 0.1) is 12.1 Å². The van der Waals surface area contributed by atoms with E-state index in [1.54, 1.807) is 44.4 Å². The highest BCUT2D eigenvalue weighted by molar-refractivity contribution is 5.92. The Bertz CT molecular complexity index is 757. The van der Waals surface area contributed by atoms with Crippen LogP contribution in [-0.4, -0.2) is 63.4 Å². The van der Waals surface area contributed by atoms with Crippen molar-refractivity contribution in [3.8, 4) is 0 Å². The van der Waals surface area contributed by atoms with Crippen LogP contribution >= 0.6 is 0 Å². The molecule has 0 bridgehead atoms. The average Bonchev–Trinajstić information content (AvgIpc) is 3.04. The highest BCUT2D eigenvalue weighted by atomic mass is 16.4. The molecular formula is C16H19N5O4. The normalized spacial score (nSPS) is 11.6. The Kier molecular flexibility index (Phi) is 5.83. The largest absolute Gasteiger partial charge is 0.481 e. The highest BCUT2D eigenvalue weighted by Gasteiger charge is 2.21. The quantitative estimate of drug-likeness (QED) is 0.727. The Balaban J connectivity index is 1.98. The monoisotopic (exact) mass is 345 g/mol. The molecule has 2 N–H and O–H groups in total. The molecule has 0 aliphatic heterocycles. The molecule has 9 nitrogen and oxygen atoms in total. The summed E-state index contributed by atoms with van der Waals surface area (Å²) >= 11 is 0. The number of hydrogen-bond donors (Lipinski definition) is 2. The van der Waals surface area contributed by atoms with Gasteiger partial charge in [-0.15, -0.1) is 5.10 Å². The minimum atomic E-state index is -1.04. The summed E-state index contributed by atoms with van der Waals surface area (Å²) in [6, 6.07) is 8.64. The zero-order chi connectivity index (χ0) is 18.4. The molecule has 1 unspecified atom stereocenters. The van der Waals surface area contributed by atoms with E-state index in [0.717, 1.165) is 0 Å². The van der Waals surface area contributed by atoms with Crippen LogP contribution in [0.25, 0.3) is 0 Å². The van der Waals surface area contributed by atoms with Gasteiger partial charge in [0.2, 0.25) is 5.91 Å². The number of carbonyl (C=O) groups excluding carboxylic acids is 2. The fourth-order valence-electron chi connectivity index (χ4n) is 2.08. The Morgan fingerprint density at radius 2 is 1.92 bits per heavy atom. The summed E-state index contributed by atoms with van der Waals surface area (Å²) in [5, 5.41) is 19.3. The molecule has 0 spiro atoms. The molecule has 132 valence electrons. The number of carboxylic acids is 1. The molecular weight excluding hydrogens is 326 g/mol. The number of likely N-dealkylation sites (N-methyl/N-ethyl adjacent to an activating group) is 1. The van der Waals surface area contributed by atoms with Crippen molar-refractivity contribution in [1.29, 1.82) is 0 Å². The molecule has 1 aromatic heterocycles. The van der Waals surface area contributed by atoms with E-state index in [-0.39, 0.29) is 24.7 Å². The molecule has 2 aromatic rings. The van der Waals surface area contributed by atoms with Crippen molar-refractivity contribution in [3.05, 3.63) is 47.8 Å². The molecule has 2 rings (SSSR count). The zero-order valence-corrected chi connectivity index (χ0v) is 13.9. The molecule has 25 heavy (non-hydrogen) atoms. The van der Waals surface area contributed by atoms with Crippen LogP contribution in [0.4, 0.5) is 0 Å². The second-order valence-corrected chi connectivity index (χ2v) is 5.60. The van der Waals surface area contributed by atoms with Crippen molar-refractivity contribution >= 4 is 17.8 Å². The Hall–Kier alpha value is -3.23. The van der Waals surface area contributed by atoms with Gasteiger partial charge in [0, 0.05) is 20.6 Å². The lowest BCUT2D eigenvalue weighted by atomic mass is 9.99. The second-order valence-electron chi connectivity index (χ2n) is 5.60. The maximum Gasteiger partial charge on any atom is 0.312 e. The molecule has 0 radical (unpaired) electrons. The first-order valence-corrected chi connectivity index (χ1v) is 7.54. The van der Waals surface area contributed by atoms with Crippen molar-refractivity contribution in [3.63, 3.8) is 0 Å². The second kappa shape index (κ2) is 8.04. The van der Waals surface area contributed by atoms with Crippen LogP contribution in [0, 0.1) is 0 Å². The zero-order valence-electron chi connectivity index (χ0n) is 13.9. The van der Waals surface area contributed by atoms with Crippen molar-refractivity contribution in [2.24, 2.45) is 0 Å². The summed E-state index contributed by atoms with van der Waals surface area (Å²) in [7, 11) is 3.23. The highest BCUT2D eigenvalue weighted by Crippen LogP contribution is 2.14. The summed E-state index contributed by atoms with van der Waals surface area (Å²) in [5.41, 5.74) is 0.610. The van der Waals surface area contributed by atoms with Crippen molar-refractivity contribution in [1.82, 2.24) is 25.2 Å². The van der Waals surface area contributed by atoms with E-state index in [0.29, 0.717) is 5.56 Å². The number of hydrogen-bond acceptors (Lipinski definition) is 5. The van der Waals surface area contributed by atoms with Gasteiger partial charge >= 0.3 is 5.97 Å². The first-order chi connectivity index (χ1) is 11.9. The van der Waals surface area contributed by atoms with Crippen LogP contribution in [0.2, 0.25) is 0 Å². The maximum atomic E-state index is 12.1. The predicted octanol–water partition coefficient (Wildman–Crippen LogP) is -0.0355. The van der Waals surface area contributed by atoms with Gasteiger partial charge in [0.1, 0.15) is 6.54 Å². The summed E-state index contributed by atoms with van der Waals surface area (Å²) in [4.78, 5) is 36.5. The van der Waals surface area contributed by atoms with E-state index < -0.39 is 17.8 Å². The van der Waals surface area contributed by atoms with Gasteiger partial charge in [-0.3, -0.25) is 14.4 Å². The maximum absolute atomic E-state index is 12.1. The van der Waals surface area contributed by atoms with Gasteiger partial charge in [-0.1, -0.05) is 35.5 Å². The number of benzene rings is 1. The number of nitrogens with one attached hydrogen (secondary N) is 1. The van der Waals surface area contributed by atoms with E-state index in [9.17, 15) is 19.5 Å². The van der Waals surface area contributed by atoms with Crippen LogP contribution < -0.4 is 5.32 Å². The molecule has 1 atom stereocenters. The fraction of sp³-hybridized carbons (Fsp3) is 0.312. The summed E-state index contributed by atoms with van der Waals surface area (Å²) in [6.07, 6.45) is 1.34. The van der Waals surface area contributed by atoms with E-state index in [1.165, 1.54) is 15.8 Å². The molecule has 1 heterocycles. The van der Waals surface area contributed by atoms with Gasteiger partial charge in [0.15, 0.2) is 5.69 Å². The lowest BCUT2D eigenvalue weighted by Crippen LogP contribution is -2.32. The van der Waals surface area contributed by atoms with Gasteiger partial charge in [-0.05, 0) is 5.56 Å². The van der Waals surface area contributed by atoms with E-state index >= 15 is 0 Å². The molecule has 0 aliphatic rings. The van der Waals surface area contributed by atoms with E-state index in [2.05, 4.69) is 15.6 Å². The number of amides is 2. The van der Waals surface area contributed by atoms with Crippen LogP contribution in [0.5, 0.6) is 0 Å². The van der Waals surface area contributed by atoms with E-state index in [4.69, 9.17) is 0 Å². The molecule has 0 saturated heterocycles. The SMILES string of the molecule is CN(C)C(=O)Cn1cc(C(=O)NCC(C(=O)O)c2ccccc2)nn1. The van der Waals surface area contributed by atoms with Gasteiger partial charge in [-0.2, -0.15) is 0 Å². The lowest BCUT2D eigenvalue weighted by molar-refractivity contribution is -0.138. The van der Waals surface area contributed by atoms with Crippen LogP contribution in [0.15, 0.2) is 36.5 Å². The van der Waals surface area contributed by atoms with Crippen LogP contribution in [-0.2, 0) is 16.1 Å². The number of nitrogens with zero attached hydrogens (tertiary/aromatic N) is 4. The minimum Gasteiger partial charge on any atom is -0.481 e. The molecule has 0 aliphatic carbocycles. The molecule has 0 fully saturated rings. The van der Waals surface area contributed by atoms with Crippen LogP contribution in [0.3, 0.4) is 0 Å². The van der Waals surface area contributed by atoms with Crippen molar-refractivity contribution in [2.45, 2.75) is 12.5 Å². The fourth-order valence-corrected chi connectivity index (χ4v) is 2.08. The lowest BCUT2D eigenvalue weighted by Gasteiger charge is -2.13. The number of carboxylic acid groups (broad SMARTS) is 1. The number of carbonyl (C=O) groups is 3. The molecule has 0 saturated carbocycles. The first kappa shape index (κ1) is 18.1. The number of aliphatic carboxylic acids is 1. The predicted molar refractivity (Wildman–Crippen MR) is 87.9 cm³/mol. The Labute approximate surface area is 144 Å². The number of rotatable bonds is 7. The smallest absolute Gasteiger partial charge is 0.312 e. The minimum absolute atomic E-state index is 0.0174. The standard InChI is InChI=1S/C16H19N5O4/c1-20(2)14(22)10-21-9-13(18-19-21)15(23)17-8-12(16(24)25)11-6-4-3-5-7-11/h3-7,9,12H,8,10H2,1-2H3,(H,17,23)(H,24,25). The third-order valence-electron chi connectivity index (χ3n) is 3.53. The average molecular weight is 345 g/mol. The summed E-state index contributed by atoms with van der Waals surface area (Å²) in [6.45, 7) is -0.114. The van der Waals surface area contributed by atoms with Gasteiger partial charge in [-0.25, -0.2) is 4.68 Å². The molecule has 9 heteroatoms. The number of aromatic nitrogens is 3. The van der Waals surface area contributed by atoms with Crippen molar-refractivity contribution in [2.75, 3.05) is 20.6 Å². The summed E-state index contributed by atoms with van der Waals surface area (Å²) < 4.78 is 1.25. The van der Waals surface area contributed by atoms with Crippen LogP contribution in [0.1, 0.15) is 22.0 Å².